The van der Waals surface area contributed by atoms with E-state index in [4.69, 9.17) is 18.7 Å². The van der Waals surface area contributed by atoms with E-state index >= 15 is 0 Å². The molecule has 1 amide bonds. The average molecular weight is 372 g/mol. The fraction of sp³-hybridized carbons (Fsp3) is 0.278. The summed E-state index contributed by atoms with van der Waals surface area (Å²) < 4.78 is 22.5. The molecule has 3 aromatic rings. The van der Waals surface area contributed by atoms with Crippen molar-refractivity contribution in [2.45, 2.75) is 6.54 Å². The molecule has 0 saturated carbocycles. The van der Waals surface area contributed by atoms with E-state index in [-0.39, 0.29) is 18.3 Å². The lowest BCUT2D eigenvalue weighted by atomic mass is 10.1. The predicted octanol–water partition coefficient (Wildman–Crippen LogP) is 2.03. The minimum atomic E-state index is -0.310. The highest BCUT2D eigenvalue weighted by Gasteiger charge is 2.17. The Labute approximate surface area is 155 Å². The van der Waals surface area contributed by atoms with Crippen molar-refractivity contribution in [2.24, 2.45) is 7.05 Å². The molecule has 142 valence electrons. The maximum atomic E-state index is 12.3. The molecule has 0 unspecified atom stereocenters. The maximum Gasteiger partial charge on any atom is 0.258 e. The molecule has 1 N–H and O–H groups in total. The third-order valence-corrected chi connectivity index (χ3v) is 3.89. The van der Waals surface area contributed by atoms with Gasteiger partial charge in [-0.15, -0.1) is 5.10 Å². The van der Waals surface area contributed by atoms with Crippen LogP contribution >= 0.6 is 0 Å². The first-order valence-electron chi connectivity index (χ1n) is 8.09. The van der Waals surface area contributed by atoms with Crippen LogP contribution in [0, 0.1) is 0 Å². The smallest absolute Gasteiger partial charge is 0.258 e. The van der Waals surface area contributed by atoms with Gasteiger partial charge in [-0.3, -0.25) is 9.48 Å². The van der Waals surface area contributed by atoms with Crippen LogP contribution in [-0.2, 0) is 13.6 Å². The number of carbonyl (C=O) groups is 1. The number of methoxy groups -OCH3 is 3. The normalized spacial score (nSPS) is 10.5. The largest absolute Gasteiger partial charge is 0.493 e. The second-order valence-corrected chi connectivity index (χ2v) is 5.66. The van der Waals surface area contributed by atoms with E-state index < -0.39 is 0 Å². The van der Waals surface area contributed by atoms with Crippen LogP contribution < -0.4 is 19.5 Å². The minimum absolute atomic E-state index is 0.202. The lowest BCUT2D eigenvalue weighted by Gasteiger charge is -2.07. The Balaban J connectivity index is 1.70. The zero-order chi connectivity index (χ0) is 19.4. The van der Waals surface area contributed by atoms with E-state index in [0.717, 1.165) is 5.56 Å². The van der Waals surface area contributed by atoms with Gasteiger partial charge in [0.05, 0.1) is 27.9 Å². The fourth-order valence-electron chi connectivity index (χ4n) is 2.56. The standard InChI is InChI=1S/C18H20N4O5/c1-22-10-13(18(20-22)26-4)17(23)19-9-12-8-15(27-21-12)11-5-6-14(24-2)16(7-11)25-3/h5-8,10H,9H2,1-4H3,(H,19,23). The van der Waals surface area contributed by atoms with E-state index in [9.17, 15) is 4.79 Å². The van der Waals surface area contributed by atoms with Gasteiger partial charge in [-0.05, 0) is 18.2 Å². The summed E-state index contributed by atoms with van der Waals surface area (Å²) in [4.78, 5) is 12.3. The number of aromatic nitrogens is 3. The van der Waals surface area contributed by atoms with E-state index in [1.54, 1.807) is 45.7 Å². The van der Waals surface area contributed by atoms with Crippen molar-refractivity contribution in [3.63, 3.8) is 0 Å². The van der Waals surface area contributed by atoms with Crippen molar-refractivity contribution < 1.29 is 23.5 Å². The number of amides is 1. The summed E-state index contributed by atoms with van der Waals surface area (Å²) in [6, 6.07) is 7.17. The van der Waals surface area contributed by atoms with Crippen LogP contribution in [0.3, 0.4) is 0 Å². The summed E-state index contributed by atoms with van der Waals surface area (Å²) >= 11 is 0. The molecule has 9 heteroatoms. The fourth-order valence-corrected chi connectivity index (χ4v) is 2.56. The quantitative estimate of drug-likeness (QED) is 0.677. The van der Waals surface area contributed by atoms with Gasteiger partial charge >= 0.3 is 0 Å². The highest BCUT2D eigenvalue weighted by Crippen LogP contribution is 2.32. The lowest BCUT2D eigenvalue weighted by molar-refractivity contribution is 0.0947. The van der Waals surface area contributed by atoms with E-state index in [2.05, 4.69) is 15.6 Å². The molecular weight excluding hydrogens is 352 g/mol. The molecule has 2 heterocycles. The van der Waals surface area contributed by atoms with Gasteiger partial charge in [0.1, 0.15) is 11.3 Å². The van der Waals surface area contributed by atoms with Crippen LogP contribution in [0.15, 0.2) is 35.0 Å². The first kappa shape index (κ1) is 18.3. The highest BCUT2D eigenvalue weighted by molar-refractivity contribution is 5.96. The molecule has 0 aliphatic heterocycles. The summed E-state index contributed by atoms with van der Waals surface area (Å²) in [6.45, 7) is 0.202. The average Bonchev–Trinajstić information content (AvgIpc) is 3.31. The molecule has 0 aliphatic carbocycles. The summed E-state index contributed by atoms with van der Waals surface area (Å²) in [5.41, 5.74) is 1.71. The number of nitrogens with zero attached hydrogens (tertiary/aromatic N) is 3. The monoisotopic (exact) mass is 372 g/mol. The van der Waals surface area contributed by atoms with Gasteiger partial charge in [0.25, 0.3) is 5.91 Å². The van der Waals surface area contributed by atoms with Gasteiger partial charge in [0.15, 0.2) is 17.3 Å². The van der Waals surface area contributed by atoms with Gasteiger partial charge in [-0.25, -0.2) is 0 Å². The van der Waals surface area contributed by atoms with Crippen LogP contribution in [0.1, 0.15) is 16.1 Å². The number of benzene rings is 1. The Morgan fingerprint density at radius 1 is 1.15 bits per heavy atom. The second-order valence-electron chi connectivity index (χ2n) is 5.66. The minimum Gasteiger partial charge on any atom is -0.493 e. The molecule has 3 rings (SSSR count). The first-order valence-corrected chi connectivity index (χ1v) is 8.09. The van der Waals surface area contributed by atoms with Crippen molar-refractivity contribution >= 4 is 5.91 Å². The van der Waals surface area contributed by atoms with Crippen molar-refractivity contribution in [1.29, 1.82) is 0 Å². The van der Waals surface area contributed by atoms with Gasteiger partial charge in [-0.2, -0.15) is 0 Å². The van der Waals surface area contributed by atoms with Crippen molar-refractivity contribution in [2.75, 3.05) is 21.3 Å². The molecule has 0 atom stereocenters. The third-order valence-electron chi connectivity index (χ3n) is 3.89. The molecule has 2 aromatic heterocycles. The van der Waals surface area contributed by atoms with Crippen LogP contribution in [0.5, 0.6) is 17.4 Å². The topological polar surface area (TPSA) is 101 Å². The third kappa shape index (κ3) is 3.86. The van der Waals surface area contributed by atoms with Crippen molar-refractivity contribution in [3.8, 4) is 28.7 Å². The summed E-state index contributed by atoms with van der Waals surface area (Å²) in [5.74, 6) is 1.72. The van der Waals surface area contributed by atoms with Gasteiger partial charge < -0.3 is 24.1 Å². The van der Waals surface area contributed by atoms with Gasteiger partial charge in [0.2, 0.25) is 5.88 Å². The second kappa shape index (κ2) is 7.81. The molecule has 0 saturated heterocycles. The number of hydrogen-bond donors (Lipinski definition) is 1. The first-order chi connectivity index (χ1) is 13.0. The van der Waals surface area contributed by atoms with Crippen LogP contribution in [-0.4, -0.2) is 42.2 Å². The van der Waals surface area contributed by atoms with Gasteiger partial charge in [-0.1, -0.05) is 5.16 Å². The highest BCUT2D eigenvalue weighted by atomic mass is 16.5. The van der Waals surface area contributed by atoms with E-state index in [1.165, 1.54) is 11.8 Å². The molecular formula is C18H20N4O5. The zero-order valence-corrected chi connectivity index (χ0v) is 15.5. The van der Waals surface area contributed by atoms with Crippen LogP contribution in [0.2, 0.25) is 0 Å². The number of ether oxygens (including phenoxy) is 3. The predicted molar refractivity (Wildman–Crippen MR) is 96.0 cm³/mol. The lowest BCUT2D eigenvalue weighted by Crippen LogP contribution is -2.23. The molecule has 0 fully saturated rings. The Hall–Kier alpha value is -3.49. The number of carbonyl (C=O) groups excluding carboxylic acids is 1. The van der Waals surface area contributed by atoms with E-state index in [1.807, 2.05) is 6.07 Å². The van der Waals surface area contributed by atoms with E-state index in [0.29, 0.717) is 28.5 Å². The SMILES string of the molecule is COc1ccc(-c2cc(CNC(=O)c3cn(C)nc3OC)no2)cc1OC. The van der Waals surface area contributed by atoms with Crippen molar-refractivity contribution in [3.05, 3.63) is 41.7 Å². The Morgan fingerprint density at radius 3 is 2.63 bits per heavy atom. The Bertz CT molecular complexity index is 947. The number of hydrogen-bond acceptors (Lipinski definition) is 7. The molecule has 0 radical (unpaired) electrons. The van der Waals surface area contributed by atoms with Crippen LogP contribution in [0.25, 0.3) is 11.3 Å². The van der Waals surface area contributed by atoms with Crippen LogP contribution in [0.4, 0.5) is 0 Å². The Morgan fingerprint density at radius 2 is 1.93 bits per heavy atom. The molecule has 0 aliphatic rings. The number of nitrogens with one attached hydrogen (secondary N) is 1. The zero-order valence-electron chi connectivity index (χ0n) is 15.5. The number of rotatable bonds is 7. The molecule has 9 nitrogen and oxygen atoms in total. The van der Waals surface area contributed by atoms with Gasteiger partial charge in [0, 0.05) is 24.9 Å². The molecule has 1 aromatic carbocycles. The summed E-state index contributed by atoms with van der Waals surface area (Å²) in [6.07, 6.45) is 1.59. The summed E-state index contributed by atoms with van der Waals surface area (Å²) in [5, 5.41) is 10.8. The number of aryl methyl sites for hydroxylation is 1. The molecule has 0 spiro atoms. The summed E-state index contributed by atoms with van der Waals surface area (Å²) in [7, 11) is 6.32. The maximum absolute atomic E-state index is 12.3. The van der Waals surface area contributed by atoms with Crippen molar-refractivity contribution in [1.82, 2.24) is 20.3 Å². The Kier molecular flexibility index (Phi) is 5.30. The molecule has 0 bridgehead atoms. The molecule has 27 heavy (non-hydrogen) atoms.